The van der Waals surface area contributed by atoms with Gasteiger partial charge in [0.25, 0.3) is 11.8 Å². The summed E-state index contributed by atoms with van der Waals surface area (Å²) in [4.78, 5) is 26.4. The van der Waals surface area contributed by atoms with E-state index < -0.39 is 0 Å². The molecule has 1 aliphatic rings. The molecule has 0 atom stereocenters. The number of hydrogen-bond donors (Lipinski definition) is 0. The standard InChI is InChI=1S/C28H27NO2/c1-3-23-13-6-9-20(2)24(23)17-16-22-11-7-10-21(19-22)12-8-18-29-27(30)25-14-4-5-15-26(25)28(29)31/h4-7,9-11,13-17,19H,3,8,12,18H2,1-2H3. The Bertz CT molecular complexity index is 1120. The lowest BCUT2D eigenvalue weighted by atomic mass is 9.98. The fraction of sp³-hybridized carbons (Fsp3) is 0.214. The van der Waals surface area contributed by atoms with Crippen molar-refractivity contribution in [2.24, 2.45) is 0 Å². The summed E-state index contributed by atoms with van der Waals surface area (Å²) in [6.07, 6.45) is 6.94. The zero-order valence-corrected chi connectivity index (χ0v) is 18.1. The van der Waals surface area contributed by atoms with Crippen LogP contribution in [0.1, 0.15) is 61.9 Å². The van der Waals surface area contributed by atoms with Crippen LogP contribution in [0.5, 0.6) is 0 Å². The number of carbonyl (C=O) groups is 2. The van der Waals surface area contributed by atoms with Gasteiger partial charge < -0.3 is 0 Å². The number of imide groups is 1. The summed E-state index contributed by atoms with van der Waals surface area (Å²) in [5.41, 5.74) is 7.33. The summed E-state index contributed by atoms with van der Waals surface area (Å²) < 4.78 is 0. The Balaban J connectivity index is 1.40. The summed E-state index contributed by atoms with van der Waals surface area (Å²) in [6.45, 7) is 4.77. The smallest absolute Gasteiger partial charge is 0.261 e. The normalized spacial score (nSPS) is 13.3. The number of benzene rings is 3. The quantitative estimate of drug-likeness (QED) is 0.357. The van der Waals surface area contributed by atoms with Gasteiger partial charge in [0.2, 0.25) is 0 Å². The summed E-state index contributed by atoms with van der Waals surface area (Å²) in [6, 6.07) is 21.9. The van der Waals surface area contributed by atoms with Crippen molar-refractivity contribution >= 4 is 24.0 Å². The minimum absolute atomic E-state index is 0.178. The summed E-state index contributed by atoms with van der Waals surface area (Å²) in [5, 5.41) is 0. The number of carbonyl (C=O) groups excluding carboxylic acids is 2. The summed E-state index contributed by atoms with van der Waals surface area (Å²) in [5.74, 6) is -0.357. The Morgan fingerprint density at radius 1 is 0.839 bits per heavy atom. The van der Waals surface area contributed by atoms with Crippen LogP contribution in [-0.4, -0.2) is 23.3 Å². The SMILES string of the molecule is CCc1cccc(C)c1C=Cc1cccc(CCCN2C(=O)c3ccccc3C2=O)c1. The van der Waals surface area contributed by atoms with Gasteiger partial charge in [-0.1, -0.05) is 73.7 Å². The molecule has 3 heteroatoms. The van der Waals surface area contributed by atoms with Gasteiger partial charge in [0.1, 0.15) is 0 Å². The van der Waals surface area contributed by atoms with Crippen molar-refractivity contribution in [3.8, 4) is 0 Å². The number of amides is 2. The lowest BCUT2D eigenvalue weighted by Crippen LogP contribution is -2.30. The topological polar surface area (TPSA) is 37.4 Å². The lowest BCUT2D eigenvalue weighted by molar-refractivity contribution is 0.0652. The Labute approximate surface area is 184 Å². The summed E-state index contributed by atoms with van der Waals surface area (Å²) in [7, 11) is 0. The van der Waals surface area contributed by atoms with Crippen LogP contribution < -0.4 is 0 Å². The van der Waals surface area contributed by atoms with E-state index in [0.29, 0.717) is 17.7 Å². The highest BCUT2D eigenvalue weighted by Gasteiger charge is 2.34. The maximum absolute atomic E-state index is 12.5. The molecular formula is C28H27NO2. The highest BCUT2D eigenvalue weighted by Crippen LogP contribution is 2.23. The molecule has 0 radical (unpaired) electrons. The fourth-order valence-corrected chi connectivity index (χ4v) is 4.20. The van der Waals surface area contributed by atoms with E-state index in [4.69, 9.17) is 0 Å². The largest absolute Gasteiger partial charge is 0.274 e. The average molecular weight is 410 g/mol. The maximum atomic E-state index is 12.5. The van der Waals surface area contributed by atoms with Crippen molar-refractivity contribution in [1.29, 1.82) is 0 Å². The van der Waals surface area contributed by atoms with E-state index in [2.05, 4.69) is 68.5 Å². The molecule has 31 heavy (non-hydrogen) atoms. The lowest BCUT2D eigenvalue weighted by Gasteiger charge is -2.13. The van der Waals surface area contributed by atoms with Crippen molar-refractivity contribution in [3.05, 3.63) is 106 Å². The molecule has 3 aromatic carbocycles. The second-order valence-corrected chi connectivity index (χ2v) is 7.99. The molecule has 0 fully saturated rings. The van der Waals surface area contributed by atoms with Crippen LogP contribution in [0.15, 0.2) is 66.7 Å². The molecule has 3 aromatic rings. The van der Waals surface area contributed by atoms with Gasteiger partial charge in [0, 0.05) is 6.54 Å². The summed E-state index contributed by atoms with van der Waals surface area (Å²) >= 11 is 0. The van der Waals surface area contributed by atoms with Gasteiger partial charge in [0.05, 0.1) is 11.1 Å². The van der Waals surface area contributed by atoms with Crippen LogP contribution in [0.2, 0.25) is 0 Å². The van der Waals surface area contributed by atoms with E-state index in [1.807, 2.05) is 0 Å². The first-order chi connectivity index (χ1) is 15.1. The van der Waals surface area contributed by atoms with Gasteiger partial charge in [-0.15, -0.1) is 0 Å². The predicted octanol–water partition coefficient (Wildman–Crippen LogP) is 5.96. The number of nitrogens with zero attached hydrogens (tertiary/aromatic N) is 1. The molecule has 3 nitrogen and oxygen atoms in total. The minimum Gasteiger partial charge on any atom is -0.274 e. The van der Waals surface area contributed by atoms with Gasteiger partial charge in [-0.3, -0.25) is 14.5 Å². The van der Waals surface area contributed by atoms with E-state index in [-0.39, 0.29) is 11.8 Å². The molecule has 0 saturated heterocycles. The molecule has 156 valence electrons. The van der Waals surface area contributed by atoms with Crippen molar-refractivity contribution in [2.45, 2.75) is 33.1 Å². The van der Waals surface area contributed by atoms with Gasteiger partial charge in [-0.05, 0) is 66.1 Å². The molecule has 4 rings (SSSR count). The van der Waals surface area contributed by atoms with Crippen molar-refractivity contribution in [3.63, 3.8) is 0 Å². The van der Waals surface area contributed by atoms with E-state index >= 15 is 0 Å². The third-order valence-electron chi connectivity index (χ3n) is 5.91. The second kappa shape index (κ2) is 9.13. The molecule has 0 N–H and O–H groups in total. The molecule has 1 heterocycles. The molecule has 1 aliphatic heterocycles. The molecular weight excluding hydrogens is 382 g/mol. The number of hydrogen-bond acceptors (Lipinski definition) is 2. The number of aryl methyl sites for hydroxylation is 3. The van der Waals surface area contributed by atoms with Crippen LogP contribution in [0.3, 0.4) is 0 Å². The molecule has 0 aromatic heterocycles. The molecule has 0 bridgehead atoms. The van der Waals surface area contributed by atoms with Gasteiger partial charge in [-0.25, -0.2) is 0 Å². The van der Waals surface area contributed by atoms with E-state index in [0.717, 1.165) is 24.8 Å². The van der Waals surface area contributed by atoms with Gasteiger partial charge in [-0.2, -0.15) is 0 Å². The van der Waals surface area contributed by atoms with Crippen LogP contribution in [0.25, 0.3) is 12.2 Å². The van der Waals surface area contributed by atoms with Gasteiger partial charge >= 0.3 is 0 Å². The van der Waals surface area contributed by atoms with Crippen LogP contribution in [0, 0.1) is 6.92 Å². The molecule has 0 aliphatic carbocycles. The Kier molecular flexibility index (Phi) is 6.13. The van der Waals surface area contributed by atoms with E-state index in [1.54, 1.807) is 24.3 Å². The first-order valence-corrected chi connectivity index (χ1v) is 10.9. The third kappa shape index (κ3) is 4.36. The molecule has 0 spiro atoms. The molecule has 2 amide bonds. The third-order valence-corrected chi connectivity index (χ3v) is 5.91. The Morgan fingerprint density at radius 3 is 2.26 bits per heavy atom. The predicted molar refractivity (Wildman–Crippen MR) is 126 cm³/mol. The number of fused-ring (bicyclic) bond motifs is 1. The highest BCUT2D eigenvalue weighted by atomic mass is 16.2. The van der Waals surface area contributed by atoms with Crippen LogP contribution in [-0.2, 0) is 12.8 Å². The Hall–Kier alpha value is -3.46. The second-order valence-electron chi connectivity index (χ2n) is 7.99. The van der Waals surface area contributed by atoms with Crippen LogP contribution >= 0.6 is 0 Å². The van der Waals surface area contributed by atoms with Crippen LogP contribution in [0.4, 0.5) is 0 Å². The first kappa shape index (κ1) is 20.8. The number of rotatable bonds is 7. The van der Waals surface area contributed by atoms with Gasteiger partial charge in [0.15, 0.2) is 0 Å². The first-order valence-electron chi connectivity index (χ1n) is 10.9. The zero-order valence-electron chi connectivity index (χ0n) is 18.1. The zero-order chi connectivity index (χ0) is 21.8. The fourth-order valence-electron chi connectivity index (χ4n) is 4.20. The van der Waals surface area contributed by atoms with Crippen molar-refractivity contribution in [2.75, 3.05) is 6.54 Å². The highest BCUT2D eigenvalue weighted by molar-refractivity contribution is 6.21. The van der Waals surface area contributed by atoms with E-state index in [1.165, 1.54) is 27.2 Å². The van der Waals surface area contributed by atoms with E-state index in [9.17, 15) is 9.59 Å². The molecule has 0 unspecified atom stereocenters. The van der Waals surface area contributed by atoms with Crippen molar-refractivity contribution < 1.29 is 9.59 Å². The Morgan fingerprint density at radius 2 is 1.55 bits per heavy atom. The molecule has 0 saturated carbocycles. The minimum atomic E-state index is -0.178. The monoisotopic (exact) mass is 409 g/mol. The maximum Gasteiger partial charge on any atom is 0.261 e. The van der Waals surface area contributed by atoms with Crippen molar-refractivity contribution in [1.82, 2.24) is 4.90 Å². The average Bonchev–Trinajstić information content (AvgIpc) is 3.03.